The van der Waals surface area contributed by atoms with E-state index in [0.717, 1.165) is 5.69 Å². The molecule has 0 amide bonds. The second-order valence-electron chi connectivity index (χ2n) is 4.67. The van der Waals surface area contributed by atoms with Crippen LogP contribution in [0.25, 0.3) is 0 Å². The van der Waals surface area contributed by atoms with Crippen LogP contribution in [0.4, 0.5) is 11.4 Å². The molecule has 4 heteroatoms. The monoisotopic (exact) mass is 222 g/mol. The summed E-state index contributed by atoms with van der Waals surface area (Å²) in [5.74, 6) is -0.364. The van der Waals surface area contributed by atoms with Crippen molar-refractivity contribution in [1.29, 1.82) is 0 Å². The zero-order valence-corrected chi connectivity index (χ0v) is 10.1. The highest BCUT2D eigenvalue weighted by Gasteiger charge is 2.13. The van der Waals surface area contributed by atoms with Crippen LogP contribution in [-0.4, -0.2) is 18.6 Å². The van der Waals surface area contributed by atoms with Gasteiger partial charge in [-0.1, -0.05) is 0 Å². The number of carbonyl (C=O) groups excluding carboxylic acids is 1. The summed E-state index contributed by atoms with van der Waals surface area (Å²) < 4.78 is 4.65. The van der Waals surface area contributed by atoms with Gasteiger partial charge >= 0.3 is 5.97 Å². The van der Waals surface area contributed by atoms with Gasteiger partial charge in [0.05, 0.1) is 24.0 Å². The number of rotatable bonds is 2. The summed E-state index contributed by atoms with van der Waals surface area (Å²) >= 11 is 0. The largest absolute Gasteiger partial charge is 0.465 e. The molecule has 16 heavy (non-hydrogen) atoms. The smallest absolute Gasteiger partial charge is 0.337 e. The number of anilines is 2. The number of hydrogen-bond acceptors (Lipinski definition) is 4. The van der Waals surface area contributed by atoms with Crippen molar-refractivity contribution in [1.82, 2.24) is 0 Å². The lowest BCUT2D eigenvalue weighted by Gasteiger charge is -2.23. The van der Waals surface area contributed by atoms with Crippen LogP contribution in [-0.2, 0) is 4.74 Å². The van der Waals surface area contributed by atoms with Crippen molar-refractivity contribution in [2.45, 2.75) is 26.3 Å². The molecule has 0 aromatic heterocycles. The molecule has 4 nitrogen and oxygen atoms in total. The summed E-state index contributed by atoms with van der Waals surface area (Å²) in [4.78, 5) is 11.4. The lowest BCUT2D eigenvalue weighted by atomic mass is 10.1. The van der Waals surface area contributed by atoms with E-state index in [1.807, 2.05) is 20.8 Å². The summed E-state index contributed by atoms with van der Waals surface area (Å²) in [5.41, 5.74) is 7.56. The molecule has 0 bridgehead atoms. The van der Waals surface area contributed by atoms with Crippen molar-refractivity contribution in [3.05, 3.63) is 23.8 Å². The second kappa shape index (κ2) is 4.43. The highest BCUT2D eigenvalue weighted by atomic mass is 16.5. The average Bonchev–Trinajstić information content (AvgIpc) is 2.18. The van der Waals surface area contributed by atoms with E-state index in [2.05, 4.69) is 10.1 Å². The molecule has 0 aliphatic rings. The van der Waals surface area contributed by atoms with E-state index in [-0.39, 0.29) is 11.5 Å². The van der Waals surface area contributed by atoms with Gasteiger partial charge in [-0.3, -0.25) is 0 Å². The van der Waals surface area contributed by atoms with Crippen LogP contribution >= 0.6 is 0 Å². The van der Waals surface area contributed by atoms with Gasteiger partial charge in [0.2, 0.25) is 0 Å². The molecule has 0 saturated heterocycles. The van der Waals surface area contributed by atoms with Gasteiger partial charge in [-0.15, -0.1) is 0 Å². The van der Waals surface area contributed by atoms with Crippen molar-refractivity contribution in [3.8, 4) is 0 Å². The third-order valence-electron chi connectivity index (χ3n) is 1.98. The number of nitrogens with one attached hydrogen (secondary N) is 1. The zero-order chi connectivity index (χ0) is 12.3. The summed E-state index contributed by atoms with van der Waals surface area (Å²) in [6.45, 7) is 6.08. The predicted molar refractivity (Wildman–Crippen MR) is 65.6 cm³/mol. The number of methoxy groups -OCH3 is 1. The Morgan fingerprint density at radius 1 is 1.38 bits per heavy atom. The molecule has 0 saturated carbocycles. The van der Waals surface area contributed by atoms with Crippen molar-refractivity contribution in [3.63, 3.8) is 0 Å². The molecule has 0 spiro atoms. The molecule has 0 fully saturated rings. The molecule has 1 rings (SSSR count). The molecule has 0 heterocycles. The van der Waals surface area contributed by atoms with Crippen LogP contribution in [0.15, 0.2) is 18.2 Å². The average molecular weight is 222 g/mol. The molecule has 1 aromatic rings. The molecular formula is C12H18N2O2. The summed E-state index contributed by atoms with van der Waals surface area (Å²) in [5, 5.41) is 3.24. The van der Waals surface area contributed by atoms with E-state index in [9.17, 15) is 4.79 Å². The normalized spacial score (nSPS) is 11.0. The standard InChI is InChI=1S/C12H18N2O2/c1-12(2,3)14-10-7-8(11(15)16-4)5-6-9(10)13/h5-7,14H,13H2,1-4H3. The number of benzene rings is 1. The van der Waals surface area contributed by atoms with Gasteiger partial charge in [0.15, 0.2) is 0 Å². The number of hydrogen-bond donors (Lipinski definition) is 2. The fourth-order valence-electron chi connectivity index (χ4n) is 1.31. The van der Waals surface area contributed by atoms with Crippen LogP contribution in [0, 0.1) is 0 Å². The highest BCUT2D eigenvalue weighted by molar-refractivity contribution is 5.92. The van der Waals surface area contributed by atoms with Gasteiger partial charge in [-0.25, -0.2) is 4.79 Å². The number of nitrogens with two attached hydrogens (primary N) is 1. The topological polar surface area (TPSA) is 64.3 Å². The van der Waals surface area contributed by atoms with Gasteiger partial charge in [0.1, 0.15) is 0 Å². The quantitative estimate of drug-likeness (QED) is 0.595. The lowest BCUT2D eigenvalue weighted by Crippen LogP contribution is -2.26. The maximum Gasteiger partial charge on any atom is 0.337 e. The van der Waals surface area contributed by atoms with Crippen LogP contribution in [0.1, 0.15) is 31.1 Å². The van der Waals surface area contributed by atoms with Gasteiger partial charge in [0.25, 0.3) is 0 Å². The Hall–Kier alpha value is -1.71. The Balaban J connectivity index is 3.04. The molecule has 3 N–H and O–H groups in total. The first kappa shape index (κ1) is 12.4. The molecule has 0 aliphatic carbocycles. The van der Waals surface area contributed by atoms with Crippen molar-refractivity contribution < 1.29 is 9.53 Å². The Bertz CT molecular complexity index is 394. The Morgan fingerprint density at radius 2 is 2.00 bits per heavy atom. The summed E-state index contributed by atoms with van der Waals surface area (Å²) in [7, 11) is 1.36. The molecule has 1 aromatic carbocycles. The molecular weight excluding hydrogens is 204 g/mol. The van der Waals surface area contributed by atoms with Crippen molar-refractivity contribution in [2.24, 2.45) is 0 Å². The van der Waals surface area contributed by atoms with Gasteiger partial charge in [-0.2, -0.15) is 0 Å². The van der Waals surface area contributed by atoms with E-state index in [4.69, 9.17) is 5.73 Å². The Labute approximate surface area is 95.8 Å². The van der Waals surface area contributed by atoms with Gasteiger partial charge < -0.3 is 15.8 Å². The van der Waals surface area contributed by atoms with Gasteiger partial charge in [0, 0.05) is 5.54 Å². The summed E-state index contributed by atoms with van der Waals surface area (Å²) in [6, 6.07) is 5.04. The van der Waals surface area contributed by atoms with E-state index < -0.39 is 0 Å². The van der Waals surface area contributed by atoms with Crippen molar-refractivity contribution in [2.75, 3.05) is 18.2 Å². The van der Waals surface area contributed by atoms with Crippen molar-refractivity contribution >= 4 is 17.3 Å². The van der Waals surface area contributed by atoms with Crippen LogP contribution in [0.5, 0.6) is 0 Å². The Kier molecular flexibility index (Phi) is 3.42. The van der Waals surface area contributed by atoms with Crippen LogP contribution in [0.2, 0.25) is 0 Å². The van der Waals surface area contributed by atoms with Crippen LogP contribution < -0.4 is 11.1 Å². The number of ether oxygens (including phenoxy) is 1. The first-order chi connectivity index (χ1) is 7.33. The van der Waals surface area contributed by atoms with E-state index >= 15 is 0 Å². The molecule has 0 atom stereocenters. The fraction of sp³-hybridized carbons (Fsp3) is 0.417. The van der Waals surface area contributed by atoms with E-state index in [0.29, 0.717) is 11.3 Å². The zero-order valence-electron chi connectivity index (χ0n) is 10.1. The third-order valence-corrected chi connectivity index (χ3v) is 1.98. The second-order valence-corrected chi connectivity index (χ2v) is 4.67. The van der Waals surface area contributed by atoms with Gasteiger partial charge in [-0.05, 0) is 39.0 Å². The third kappa shape index (κ3) is 3.15. The molecule has 88 valence electrons. The molecule has 0 radical (unpaired) electrons. The summed E-state index contributed by atoms with van der Waals surface area (Å²) in [6.07, 6.45) is 0. The minimum atomic E-state index is -0.364. The SMILES string of the molecule is COC(=O)c1ccc(N)c(NC(C)(C)C)c1. The lowest BCUT2D eigenvalue weighted by molar-refractivity contribution is 0.0601. The van der Waals surface area contributed by atoms with E-state index in [1.54, 1.807) is 18.2 Å². The molecule has 0 unspecified atom stereocenters. The molecule has 0 aliphatic heterocycles. The first-order valence-electron chi connectivity index (χ1n) is 5.09. The predicted octanol–water partition coefficient (Wildman–Crippen LogP) is 2.27. The Morgan fingerprint density at radius 3 is 2.50 bits per heavy atom. The number of carbonyl (C=O) groups is 1. The minimum Gasteiger partial charge on any atom is -0.465 e. The number of nitrogen functional groups attached to an aromatic ring is 1. The maximum atomic E-state index is 11.4. The van der Waals surface area contributed by atoms with Crippen LogP contribution in [0.3, 0.4) is 0 Å². The van der Waals surface area contributed by atoms with E-state index in [1.165, 1.54) is 7.11 Å². The maximum absolute atomic E-state index is 11.4. The highest BCUT2D eigenvalue weighted by Crippen LogP contribution is 2.23. The first-order valence-corrected chi connectivity index (χ1v) is 5.09. The fourth-order valence-corrected chi connectivity index (χ4v) is 1.31. The minimum absolute atomic E-state index is 0.108. The number of esters is 1.